The van der Waals surface area contributed by atoms with Gasteiger partial charge in [-0.15, -0.1) is 0 Å². The third-order valence-corrected chi connectivity index (χ3v) is 4.13. The van der Waals surface area contributed by atoms with Gasteiger partial charge in [0.1, 0.15) is 17.3 Å². The van der Waals surface area contributed by atoms with Gasteiger partial charge < -0.3 is 9.73 Å². The molecule has 1 heterocycles. The van der Waals surface area contributed by atoms with Gasteiger partial charge in [0, 0.05) is 17.5 Å². The summed E-state index contributed by atoms with van der Waals surface area (Å²) in [5.74, 6) is 1.77. The smallest absolute Gasteiger partial charge is 0.123 e. The molecule has 0 amide bonds. The van der Waals surface area contributed by atoms with Crippen molar-refractivity contribution in [1.82, 2.24) is 5.32 Å². The highest BCUT2D eigenvalue weighted by atomic mass is 19.1. The standard InChI is InChI=1S/C19H26FNO/c1-13(12-19(4,5)18-11-6-14(2)22-18)21-15(3)16-7-9-17(20)10-8-16/h6-11,13,15,21H,12H2,1-5H3/t13-,15+/m1/s1. The molecule has 0 aliphatic rings. The van der Waals surface area contributed by atoms with Crippen molar-refractivity contribution in [2.75, 3.05) is 0 Å². The van der Waals surface area contributed by atoms with E-state index >= 15 is 0 Å². The van der Waals surface area contributed by atoms with Gasteiger partial charge >= 0.3 is 0 Å². The molecule has 0 saturated carbocycles. The van der Waals surface area contributed by atoms with Crippen molar-refractivity contribution in [2.24, 2.45) is 0 Å². The molecule has 0 fully saturated rings. The lowest BCUT2D eigenvalue weighted by atomic mass is 9.83. The fourth-order valence-corrected chi connectivity index (χ4v) is 3.00. The van der Waals surface area contributed by atoms with Crippen LogP contribution in [0.25, 0.3) is 0 Å². The first-order chi connectivity index (χ1) is 10.3. The van der Waals surface area contributed by atoms with Crippen LogP contribution in [0.1, 0.15) is 57.2 Å². The Morgan fingerprint density at radius 1 is 1.09 bits per heavy atom. The van der Waals surface area contributed by atoms with Crippen molar-refractivity contribution in [2.45, 2.75) is 58.5 Å². The van der Waals surface area contributed by atoms with E-state index in [0.717, 1.165) is 23.5 Å². The van der Waals surface area contributed by atoms with Crippen LogP contribution in [-0.4, -0.2) is 6.04 Å². The molecule has 1 N–H and O–H groups in total. The fourth-order valence-electron chi connectivity index (χ4n) is 3.00. The van der Waals surface area contributed by atoms with Crippen LogP contribution in [0.3, 0.4) is 0 Å². The zero-order chi connectivity index (χ0) is 16.3. The average molecular weight is 303 g/mol. The molecule has 22 heavy (non-hydrogen) atoms. The number of benzene rings is 1. The number of halogens is 1. The topological polar surface area (TPSA) is 25.2 Å². The molecule has 0 unspecified atom stereocenters. The largest absolute Gasteiger partial charge is 0.466 e. The van der Waals surface area contributed by atoms with Crippen molar-refractivity contribution in [3.05, 3.63) is 59.3 Å². The van der Waals surface area contributed by atoms with Crippen molar-refractivity contribution >= 4 is 0 Å². The lowest BCUT2D eigenvalue weighted by Gasteiger charge is -2.29. The molecule has 0 radical (unpaired) electrons. The average Bonchev–Trinajstić information content (AvgIpc) is 2.86. The number of rotatable bonds is 6. The molecule has 2 rings (SSSR count). The van der Waals surface area contributed by atoms with E-state index in [1.54, 1.807) is 0 Å². The van der Waals surface area contributed by atoms with E-state index in [4.69, 9.17) is 4.42 Å². The Labute approximate surface area is 132 Å². The van der Waals surface area contributed by atoms with Crippen LogP contribution < -0.4 is 5.32 Å². The second kappa shape index (κ2) is 6.66. The van der Waals surface area contributed by atoms with Gasteiger partial charge in [-0.3, -0.25) is 0 Å². The Bertz CT molecular complexity index is 600. The van der Waals surface area contributed by atoms with Crippen LogP contribution in [0, 0.1) is 12.7 Å². The maximum Gasteiger partial charge on any atom is 0.123 e. The minimum Gasteiger partial charge on any atom is -0.466 e. The first-order valence-electron chi connectivity index (χ1n) is 7.86. The summed E-state index contributed by atoms with van der Waals surface area (Å²) in [5.41, 5.74) is 1.07. The molecular formula is C19H26FNO. The summed E-state index contributed by atoms with van der Waals surface area (Å²) in [6.45, 7) is 10.7. The van der Waals surface area contributed by atoms with Crippen molar-refractivity contribution in [1.29, 1.82) is 0 Å². The predicted octanol–water partition coefficient (Wildman–Crippen LogP) is 5.13. The molecule has 2 nitrogen and oxygen atoms in total. The molecule has 1 aromatic carbocycles. The Morgan fingerprint density at radius 3 is 2.27 bits per heavy atom. The third kappa shape index (κ3) is 4.20. The van der Waals surface area contributed by atoms with E-state index in [-0.39, 0.29) is 17.3 Å². The predicted molar refractivity (Wildman–Crippen MR) is 88.5 cm³/mol. The third-order valence-electron chi connectivity index (χ3n) is 4.13. The number of hydrogen-bond donors (Lipinski definition) is 1. The van der Waals surface area contributed by atoms with E-state index in [1.807, 2.05) is 25.1 Å². The Morgan fingerprint density at radius 2 is 1.73 bits per heavy atom. The molecule has 120 valence electrons. The molecule has 3 heteroatoms. The Hall–Kier alpha value is -1.61. The zero-order valence-electron chi connectivity index (χ0n) is 14.1. The van der Waals surface area contributed by atoms with Crippen molar-refractivity contribution in [3.63, 3.8) is 0 Å². The highest BCUT2D eigenvalue weighted by Crippen LogP contribution is 2.30. The van der Waals surface area contributed by atoms with Gasteiger partial charge in [0.05, 0.1) is 0 Å². The SMILES string of the molecule is Cc1ccc(C(C)(C)C[C@@H](C)N[C@@H](C)c2ccc(F)cc2)o1. The van der Waals surface area contributed by atoms with Gasteiger partial charge in [0.2, 0.25) is 0 Å². The number of aryl methyl sites for hydroxylation is 1. The van der Waals surface area contributed by atoms with E-state index in [0.29, 0.717) is 6.04 Å². The van der Waals surface area contributed by atoms with Gasteiger partial charge in [-0.1, -0.05) is 26.0 Å². The highest BCUT2D eigenvalue weighted by Gasteiger charge is 2.27. The van der Waals surface area contributed by atoms with E-state index in [1.165, 1.54) is 12.1 Å². The van der Waals surface area contributed by atoms with E-state index in [2.05, 4.69) is 39.1 Å². The van der Waals surface area contributed by atoms with E-state index in [9.17, 15) is 4.39 Å². The second-order valence-corrected chi connectivity index (χ2v) is 6.84. The minimum absolute atomic E-state index is 0.0246. The molecule has 0 aliphatic heterocycles. The van der Waals surface area contributed by atoms with Crippen LogP contribution >= 0.6 is 0 Å². The fraction of sp³-hybridized carbons (Fsp3) is 0.474. The quantitative estimate of drug-likeness (QED) is 0.800. The molecular weight excluding hydrogens is 277 g/mol. The Balaban J connectivity index is 1.97. The molecule has 0 saturated heterocycles. The van der Waals surface area contributed by atoms with Gasteiger partial charge in [0.25, 0.3) is 0 Å². The summed E-state index contributed by atoms with van der Waals surface area (Å²) in [6, 6.07) is 11.3. The first kappa shape index (κ1) is 16.8. The maximum atomic E-state index is 13.0. The van der Waals surface area contributed by atoms with Crippen LogP contribution in [0.5, 0.6) is 0 Å². The van der Waals surface area contributed by atoms with Crippen LogP contribution in [0.15, 0.2) is 40.8 Å². The Kier molecular flexibility index (Phi) is 5.07. The van der Waals surface area contributed by atoms with Crippen LogP contribution in [0.4, 0.5) is 4.39 Å². The monoisotopic (exact) mass is 303 g/mol. The normalized spacial score (nSPS) is 14.8. The summed E-state index contributed by atoms with van der Waals surface area (Å²) in [6.07, 6.45) is 0.964. The van der Waals surface area contributed by atoms with Gasteiger partial charge in [0.15, 0.2) is 0 Å². The summed E-state index contributed by atoms with van der Waals surface area (Å²) in [5, 5.41) is 3.58. The summed E-state index contributed by atoms with van der Waals surface area (Å²) in [7, 11) is 0. The number of nitrogens with one attached hydrogen (secondary N) is 1. The van der Waals surface area contributed by atoms with Crippen molar-refractivity contribution in [3.8, 4) is 0 Å². The van der Waals surface area contributed by atoms with Crippen LogP contribution in [0.2, 0.25) is 0 Å². The van der Waals surface area contributed by atoms with Gasteiger partial charge in [-0.2, -0.15) is 0 Å². The maximum absolute atomic E-state index is 13.0. The molecule has 0 bridgehead atoms. The molecule has 2 aromatic rings. The lowest BCUT2D eigenvalue weighted by Crippen LogP contribution is -2.34. The summed E-state index contributed by atoms with van der Waals surface area (Å²) in [4.78, 5) is 0. The van der Waals surface area contributed by atoms with Crippen molar-refractivity contribution < 1.29 is 8.81 Å². The van der Waals surface area contributed by atoms with E-state index < -0.39 is 0 Å². The molecule has 0 aliphatic carbocycles. The highest BCUT2D eigenvalue weighted by molar-refractivity contribution is 5.20. The van der Waals surface area contributed by atoms with Gasteiger partial charge in [-0.25, -0.2) is 4.39 Å². The second-order valence-electron chi connectivity index (χ2n) is 6.84. The summed E-state index contributed by atoms with van der Waals surface area (Å²) >= 11 is 0. The van der Waals surface area contributed by atoms with Gasteiger partial charge in [-0.05, 0) is 57.0 Å². The first-order valence-corrected chi connectivity index (χ1v) is 7.86. The minimum atomic E-state index is -0.196. The molecule has 2 atom stereocenters. The molecule has 0 spiro atoms. The zero-order valence-corrected chi connectivity index (χ0v) is 14.1. The lowest BCUT2D eigenvalue weighted by molar-refractivity contribution is 0.310. The molecule has 1 aromatic heterocycles. The van der Waals surface area contributed by atoms with Crippen LogP contribution in [-0.2, 0) is 5.41 Å². The summed E-state index contributed by atoms with van der Waals surface area (Å²) < 4.78 is 18.8. The number of furan rings is 1. The number of hydrogen-bond acceptors (Lipinski definition) is 2.